The number of alkyl halides is 6. The highest BCUT2D eigenvalue weighted by Crippen LogP contribution is 2.37. The molecule has 1 aromatic carbocycles. The lowest BCUT2D eigenvalue weighted by Crippen LogP contribution is -2.28. The van der Waals surface area contributed by atoms with Crippen LogP contribution in [0.5, 0.6) is 0 Å². The Balaban J connectivity index is 2.27. The number of halogens is 6. The third-order valence-corrected chi connectivity index (χ3v) is 3.07. The van der Waals surface area contributed by atoms with E-state index in [2.05, 4.69) is 0 Å². The van der Waals surface area contributed by atoms with Gasteiger partial charge in [0.15, 0.2) is 0 Å². The number of anilines is 1. The first-order chi connectivity index (χ1) is 9.09. The molecule has 1 aromatic rings. The average Bonchev–Trinajstić information content (AvgIpc) is 2.70. The maximum absolute atomic E-state index is 12.5. The first-order valence-electron chi connectivity index (χ1n) is 5.63. The van der Waals surface area contributed by atoms with E-state index in [0.717, 1.165) is 17.0 Å². The molecular weight excluding hydrogens is 288 g/mol. The molecule has 0 spiro atoms. The molecule has 0 N–H and O–H groups in total. The van der Waals surface area contributed by atoms with Gasteiger partial charge in [-0.25, -0.2) is 0 Å². The first-order valence-corrected chi connectivity index (χ1v) is 5.63. The lowest BCUT2D eigenvalue weighted by atomic mass is 10.1. The van der Waals surface area contributed by atoms with Crippen LogP contribution in [0.3, 0.4) is 0 Å². The number of amides is 1. The molecule has 8 heteroatoms. The molecule has 2 rings (SSSR count). The minimum atomic E-state index is -4.61. The van der Waals surface area contributed by atoms with Gasteiger partial charge in [0.25, 0.3) is 0 Å². The van der Waals surface area contributed by atoms with Gasteiger partial charge in [0.05, 0.1) is 11.5 Å². The van der Waals surface area contributed by atoms with Crippen LogP contribution < -0.4 is 4.90 Å². The van der Waals surface area contributed by atoms with Crippen molar-refractivity contribution < 1.29 is 31.1 Å². The Kier molecular flexibility index (Phi) is 3.43. The number of rotatable bonds is 1. The fourth-order valence-electron chi connectivity index (χ4n) is 2.03. The zero-order valence-corrected chi connectivity index (χ0v) is 9.92. The van der Waals surface area contributed by atoms with Gasteiger partial charge in [-0.05, 0) is 18.2 Å². The number of benzene rings is 1. The number of carbonyl (C=O) groups excluding carboxylic acids is 1. The summed E-state index contributed by atoms with van der Waals surface area (Å²) in [6, 6.07) is 3.72. The minimum absolute atomic E-state index is 0.170. The van der Waals surface area contributed by atoms with Gasteiger partial charge in [-0.2, -0.15) is 26.3 Å². The molecule has 1 heterocycles. The molecule has 1 saturated heterocycles. The maximum Gasteiger partial charge on any atom is 0.416 e. The van der Waals surface area contributed by atoms with Gasteiger partial charge in [-0.15, -0.1) is 0 Å². The Hall–Kier alpha value is -1.73. The monoisotopic (exact) mass is 297 g/mol. The van der Waals surface area contributed by atoms with Gasteiger partial charge in [-0.1, -0.05) is 6.07 Å². The Bertz CT molecular complexity index is 521. The Morgan fingerprint density at radius 1 is 1.10 bits per heavy atom. The van der Waals surface area contributed by atoms with Crippen LogP contribution in [0.1, 0.15) is 12.0 Å². The van der Waals surface area contributed by atoms with Gasteiger partial charge >= 0.3 is 12.4 Å². The molecule has 110 valence electrons. The van der Waals surface area contributed by atoms with Crippen LogP contribution in [0, 0.1) is 5.92 Å². The molecule has 20 heavy (non-hydrogen) atoms. The summed E-state index contributed by atoms with van der Waals surface area (Å²) >= 11 is 0. The predicted octanol–water partition coefficient (Wildman–Crippen LogP) is 3.62. The van der Waals surface area contributed by atoms with Crippen molar-refractivity contribution >= 4 is 11.6 Å². The van der Waals surface area contributed by atoms with Gasteiger partial charge in [0.1, 0.15) is 0 Å². The summed E-state index contributed by atoms with van der Waals surface area (Å²) in [5, 5.41) is 0. The summed E-state index contributed by atoms with van der Waals surface area (Å²) in [7, 11) is 0. The van der Waals surface area contributed by atoms with Crippen molar-refractivity contribution in [3.8, 4) is 0 Å². The van der Waals surface area contributed by atoms with Crippen LogP contribution in [0.4, 0.5) is 32.0 Å². The molecule has 0 saturated carbocycles. The summed E-state index contributed by atoms with van der Waals surface area (Å²) in [5.74, 6) is -2.67. The Morgan fingerprint density at radius 3 is 2.25 bits per heavy atom. The van der Waals surface area contributed by atoms with E-state index in [1.165, 1.54) is 6.07 Å². The van der Waals surface area contributed by atoms with Crippen LogP contribution in [0.2, 0.25) is 0 Å². The van der Waals surface area contributed by atoms with Crippen LogP contribution >= 0.6 is 0 Å². The Morgan fingerprint density at radius 2 is 1.75 bits per heavy atom. The quantitative estimate of drug-likeness (QED) is 0.725. The second-order valence-corrected chi connectivity index (χ2v) is 4.50. The lowest BCUT2D eigenvalue weighted by molar-refractivity contribution is -0.169. The summed E-state index contributed by atoms with van der Waals surface area (Å²) in [5.41, 5.74) is -1.17. The second kappa shape index (κ2) is 4.68. The molecule has 1 atom stereocenters. The van der Waals surface area contributed by atoms with Gasteiger partial charge in [0.2, 0.25) is 5.91 Å². The van der Waals surface area contributed by atoms with Gasteiger partial charge in [-0.3, -0.25) is 4.79 Å². The summed E-state index contributed by atoms with van der Waals surface area (Å²) in [6.45, 7) is -0.649. The van der Waals surface area contributed by atoms with E-state index in [1.807, 2.05) is 0 Å². The molecule has 1 unspecified atom stereocenters. The van der Waals surface area contributed by atoms with E-state index in [-0.39, 0.29) is 5.69 Å². The summed E-state index contributed by atoms with van der Waals surface area (Å²) < 4.78 is 75.2. The number of nitrogens with zero attached hydrogens (tertiary/aromatic N) is 1. The Labute approximate surface area is 110 Å². The lowest BCUT2D eigenvalue weighted by Gasteiger charge is -2.19. The fourth-order valence-corrected chi connectivity index (χ4v) is 2.03. The molecule has 0 radical (unpaired) electrons. The summed E-state index contributed by atoms with van der Waals surface area (Å²) in [4.78, 5) is 12.3. The van der Waals surface area contributed by atoms with E-state index in [0.29, 0.717) is 6.07 Å². The zero-order chi connectivity index (χ0) is 15.1. The van der Waals surface area contributed by atoms with Crippen molar-refractivity contribution in [2.45, 2.75) is 18.8 Å². The van der Waals surface area contributed by atoms with Crippen molar-refractivity contribution in [1.82, 2.24) is 0 Å². The number of carbonyl (C=O) groups is 1. The van der Waals surface area contributed by atoms with Crippen LogP contribution in [-0.4, -0.2) is 18.6 Å². The normalized spacial score (nSPS) is 20.6. The van der Waals surface area contributed by atoms with E-state index in [4.69, 9.17) is 0 Å². The minimum Gasteiger partial charge on any atom is -0.312 e. The van der Waals surface area contributed by atoms with Gasteiger partial charge in [0, 0.05) is 18.7 Å². The molecule has 1 aliphatic heterocycles. The highest BCUT2D eigenvalue weighted by molar-refractivity contribution is 5.95. The third-order valence-electron chi connectivity index (χ3n) is 3.07. The van der Waals surface area contributed by atoms with Crippen molar-refractivity contribution in [2.24, 2.45) is 5.92 Å². The van der Waals surface area contributed by atoms with Crippen molar-refractivity contribution in [3.63, 3.8) is 0 Å². The first kappa shape index (κ1) is 14.7. The van der Waals surface area contributed by atoms with E-state index in [9.17, 15) is 31.1 Å². The van der Waals surface area contributed by atoms with Crippen LogP contribution in [0.15, 0.2) is 24.3 Å². The van der Waals surface area contributed by atoms with Crippen LogP contribution in [-0.2, 0) is 11.0 Å². The standard InChI is InChI=1S/C12H9F6NO/c13-11(14,15)7-2-1-3-9(4-7)19-6-8(5-10(19)20)12(16,17)18/h1-4,8H,5-6H2. The molecule has 0 bridgehead atoms. The molecule has 2 nitrogen and oxygen atoms in total. The molecule has 1 aliphatic rings. The highest BCUT2D eigenvalue weighted by Gasteiger charge is 2.47. The molecule has 0 aromatic heterocycles. The molecule has 0 aliphatic carbocycles. The summed E-state index contributed by atoms with van der Waals surface area (Å²) in [6.07, 6.45) is -9.88. The van der Waals surface area contributed by atoms with E-state index in [1.54, 1.807) is 0 Å². The molecule has 1 fully saturated rings. The predicted molar refractivity (Wildman–Crippen MR) is 58.0 cm³/mol. The topological polar surface area (TPSA) is 20.3 Å². The largest absolute Gasteiger partial charge is 0.416 e. The SMILES string of the molecule is O=C1CC(C(F)(F)F)CN1c1cccc(C(F)(F)F)c1. The average molecular weight is 297 g/mol. The smallest absolute Gasteiger partial charge is 0.312 e. The highest BCUT2D eigenvalue weighted by atomic mass is 19.4. The van der Waals surface area contributed by atoms with Crippen LogP contribution in [0.25, 0.3) is 0 Å². The van der Waals surface area contributed by atoms with Gasteiger partial charge < -0.3 is 4.90 Å². The fraction of sp³-hybridized carbons (Fsp3) is 0.417. The second-order valence-electron chi connectivity index (χ2n) is 4.50. The maximum atomic E-state index is 12.5. The van der Waals surface area contributed by atoms with E-state index < -0.39 is 42.7 Å². The van der Waals surface area contributed by atoms with E-state index >= 15 is 0 Å². The third kappa shape index (κ3) is 2.88. The van der Waals surface area contributed by atoms with Crippen molar-refractivity contribution in [2.75, 3.05) is 11.4 Å². The number of hydrogen-bond acceptors (Lipinski definition) is 1. The van der Waals surface area contributed by atoms with Crippen molar-refractivity contribution in [3.05, 3.63) is 29.8 Å². The van der Waals surface area contributed by atoms with Crippen molar-refractivity contribution in [1.29, 1.82) is 0 Å². The molecular formula is C12H9F6NO. The zero-order valence-electron chi connectivity index (χ0n) is 9.92. The number of hydrogen-bond donors (Lipinski definition) is 0. The molecule has 1 amide bonds.